The van der Waals surface area contributed by atoms with Crippen molar-refractivity contribution < 1.29 is 0 Å². The van der Waals surface area contributed by atoms with E-state index in [2.05, 4.69) is 15.1 Å². The Bertz CT molecular complexity index is 1020. The van der Waals surface area contributed by atoms with Crippen LogP contribution in [0.2, 0.25) is 0 Å². The van der Waals surface area contributed by atoms with Gasteiger partial charge in [0.1, 0.15) is 0 Å². The van der Waals surface area contributed by atoms with Crippen LogP contribution in [0.3, 0.4) is 0 Å². The normalized spacial score (nSPS) is 10.7. The number of hydrogen-bond donors (Lipinski definition) is 1. The minimum Gasteiger partial charge on any atom is -0.328 e. The highest BCUT2D eigenvalue weighted by molar-refractivity contribution is 5.70. The second-order valence-electron chi connectivity index (χ2n) is 5.33. The van der Waals surface area contributed by atoms with E-state index in [-0.39, 0.29) is 5.56 Å². The van der Waals surface area contributed by atoms with Gasteiger partial charge in [0.25, 0.3) is 5.56 Å². The number of rotatable bonds is 3. The van der Waals surface area contributed by atoms with Crippen LogP contribution < -0.4 is 5.56 Å². The molecule has 5 heteroatoms. The number of benzene rings is 1. The summed E-state index contributed by atoms with van der Waals surface area (Å²) in [7, 11) is 0. The topological polar surface area (TPSA) is 63.6 Å². The Balaban J connectivity index is 1.87. The molecule has 0 unspecified atom stereocenters. The van der Waals surface area contributed by atoms with Crippen LogP contribution in [-0.4, -0.2) is 19.7 Å². The lowest BCUT2D eigenvalue weighted by Gasteiger charge is -2.08. The van der Waals surface area contributed by atoms with Crippen molar-refractivity contribution >= 4 is 0 Å². The smallest absolute Gasteiger partial charge is 0.257 e. The van der Waals surface area contributed by atoms with Gasteiger partial charge in [-0.2, -0.15) is 5.10 Å². The molecule has 1 aromatic carbocycles. The number of aromatic nitrogens is 4. The van der Waals surface area contributed by atoms with E-state index in [4.69, 9.17) is 0 Å². The number of pyridine rings is 2. The first-order chi connectivity index (χ1) is 11.8. The highest BCUT2D eigenvalue weighted by Gasteiger charge is 2.12. The molecule has 0 atom stereocenters. The molecule has 0 saturated carbocycles. The molecule has 0 fully saturated rings. The van der Waals surface area contributed by atoms with E-state index in [1.165, 1.54) is 0 Å². The minimum atomic E-state index is -0.148. The third-order valence-corrected chi connectivity index (χ3v) is 3.84. The fraction of sp³-hybridized carbons (Fsp3) is 0. The lowest BCUT2D eigenvalue weighted by molar-refractivity contribution is 0.886. The molecule has 4 rings (SSSR count). The molecule has 0 saturated heterocycles. The zero-order chi connectivity index (χ0) is 16.4. The lowest BCUT2D eigenvalue weighted by atomic mass is 10.1. The van der Waals surface area contributed by atoms with Gasteiger partial charge in [-0.1, -0.05) is 18.2 Å². The molecule has 0 aliphatic rings. The fourth-order valence-corrected chi connectivity index (χ4v) is 2.67. The van der Waals surface area contributed by atoms with Crippen molar-refractivity contribution in [2.45, 2.75) is 0 Å². The first kappa shape index (κ1) is 14.1. The zero-order valence-electron chi connectivity index (χ0n) is 12.8. The molecule has 4 aromatic rings. The van der Waals surface area contributed by atoms with Crippen LogP contribution in [0, 0.1) is 0 Å². The molecule has 0 aliphatic heterocycles. The van der Waals surface area contributed by atoms with E-state index in [1.54, 1.807) is 29.5 Å². The fourth-order valence-electron chi connectivity index (χ4n) is 2.67. The molecular formula is C19H14N4O. The summed E-state index contributed by atoms with van der Waals surface area (Å²) in [5.74, 6) is 0. The molecule has 24 heavy (non-hydrogen) atoms. The van der Waals surface area contributed by atoms with Gasteiger partial charge in [0.05, 0.1) is 23.1 Å². The van der Waals surface area contributed by atoms with Crippen LogP contribution >= 0.6 is 0 Å². The summed E-state index contributed by atoms with van der Waals surface area (Å²) in [4.78, 5) is 19.2. The molecule has 3 aromatic heterocycles. The third-order valence-electron chi connectivity index (χ3n) is 3.84. The van der Waals surface area contributed by atoms with Gasteiger partial charge in [0, 0.05) is 18.6 Å². The predicted molar refractivity (Wildman–Crippen MR) is 92.9 cm³/mol. The van der Waals surface area contributed by atoms with Gasteiger partial charge in [0.2, 0.25) is 0 Å². The molecule has 0 spiro atoms. The number of aromatic amines is 1. The Hall–Kier alpha value is -3.47. The molecule has 3 heterocycles. The van der Waals surface area contributed by atoms with Crippen molar-refractivity contribution in [1.82, 2.24) is 19.7 Å². The molecule has 5 nitrogen and oxygen atoms in total. The minimum absolute atomic E-state index is 0.148. The van der Waals surface area contributed by atoms with E-state index in [0.717, 1.165) is 22.5 Å². The number of nitrogens with one attached hydrogen (secondary N) is 1. The molecule has 1 N–H and O–H groups in total. The number of H-pyrrole nitrogens is 1. The molecule has 0 aliphatic carbocycles. The monoisotopic (exact) mass is 314 g/mol. The maximum absolute atomic E-state index is 12.4. The van der Waals surface area contributed by atoms with Crippen LogP contribution in [-0.2, 0) is 0 Å². The quantitative estimate of drug-likeness (QED) is 0.631. The van der Waals surface area contributed by atoms with Gasteiger partial charge in [-0.3, -0.25) is 9.78 Å². The summed E-state index contributed by atoms with van der Waals surface area (Å²) in [6.45, 7) is 0. The summed E-state index contributed by atoms with van der Waals surface area (Å²) in [6.07, 6.45) is 6.87. The van der Waals surface area contributed by atoms with E-state index in [9.17, 15) is 4.79 Å². The molecule has 0 radical (unpaired) electrons. The molecule has 0 amide bonds. The lowest BCUT2D eigenvalue weighted by Crippen LogP contribution is -2.11. The van der Waals surface area contributed by atoms with Crippen LogP contribution in [0.4, 0.5) is 0 Å². The van der Waals surface area contributed by atoms with Crippen LogP contribution in [0.1, 0.15) is 0 Å². The van der Waals surface area contributed by atoms with E-state index in [1.807, 2.05) is 54.6 Å². The Kier molecular flexibility index (Phi) is 3.51. The van der Waals surface area contributed by atoms with Crippen molar-refractivity contribution in [3.05, 3.63) is 89.7 Å². The number of nitrogens with zero attached hydrogens (tertiary/aromatic N) is 3. The van der Waals surface area contributed by atoms with Gasteiger partial charge in [-0.05, 0) is 47.5 Å². The van der Waals surface area contributed by atoms with Crippen molar-refractivity contribution in [2.75, 3.05) is 0 Å². The second-order valence-corrected chi connectivity index (χ2v) is 5.33. The second kappa shape index (κ2) is 5.96. The Morgan fingerprint density at radius 2 is 1.67 bits per heavy atom. The highest BCUT2D eigenvalue weighted by Crippen LogP contribution is 2.24. The number of hydrogen-bond acceptors (Lipinski definition) is 3. The number of para-hydroxylation sites is 1. The maximum Gasteiger partial charge on any atom is 0.257 e. The van der Waals surface area contributed by atoms with Gasteiger partial charge in [-0.25, -0.2) is 4.68 Å². The molecule has 116 valence electrons. The van der Waals surface area contributed by atoms with Crippen molar-refractivity contribution in [3.8, 4) is 28.1 Å². The first-order valence-electron chi connectivity index (χ1n) is 7.56. The summed E-state index contributed by atoms with van der Waals surface area (Å²) in [6, 6.07) is 17.3. The van der Waals surface area contributed by atoms with Gasteiger partial charge < -0.3 is 4.98 Å². The maximum atomic E-state index is 12.4. The predicted octanol–water partition coefficient (Wildman–Crippen LogP) is 3.29. The highest BCUT2D eigenvalue weighted by atomic mass is 16.1. The zero-order valence-corrected chi connectivity index (χ0v) is 12.8. The van der Waals surface area contributed by atoms with Gasteiger partial charge in [-0.15, -0.1) is 0 Å². The molecule has 0 bridgehead atoms. The average Bonchev–Trinajstić information content (AvgIpc) is 3.13. The summed E-state index contributed by atoms with van der Waals surface area (Å²) in [5, 5.41) is 4.36. The van der Waals surface area contributed by atoms with Crippen molar-refractivity contribution in [1.29, 1.82) is 0 Å². The third kappa shape index (κ3) is 2.52. The van der Waals surface area contributed by atoms with Crippen molar-refractivity contribution in [2.24, 2.45) is 0 Å². The summed E-state index contributed by atoms with van der Waals surface area (Å²) < 4.78 is 1.76. The van der Waals surface area contributed by atoms with E-state index < -0.39 is 0 Å². The van der Waals surface area contributed by atoms with Gasteiger partial charge >= 0.3 is 0 Å². The van der Waals surface area contributed by atoms with Crippen LogP contribution in [0.25, 0.3) is 28.1 Å². The first-order valence-corrected chi connectivity index (χ1v) is 7.56. The van der Waals surface area contributed by atoms with E-state index >= 15 is 0 Å². The Labute approximate surface area is 138 Å². The summed E-state index contributed by atoms with van der Waals surface area (Å²) in [5.41, 5.74) is 4.00. The summed E-state index contributed by atoms with van der Waals surface area (Å²) >= 11 is 0. The van der Waals surface area contributed by atoms with E-state index in [0.29, 0.717) is 5.56 Å². The van der Waals surface area contributed by atoms with Gasteiger partial charge in [0.15, 0.2) is 0 Å². The van der Waals surface area contributed by atoms with Crippen LogP contribution in [0.5, 0.6) is 0 Å². The Morgan fingerprint density at radius 3 is 2.46 bits per heavy atom. The van der Waals surface area contributed by atoms with Crippen LogP contribution in [0.15, 0.2) is 84.2 Å². The van der Waals surface area contributed by atoms with Crippen molar-refractivity contribution in [3.63, 3.8) is 0 Å². The SMILES string of the molecule is O=c1[nH]cc(-c2ccncc2)cc1-c1ccnn1-c1ccccc1. The Morgan fingerprint density at radius 1 is 0.875 bits per heavy atom. The average molecular weight is 314 g/mol. The largest absolute Gasteiger partial charge is 0.328 e. The standard InChI is InChI=1S/C19H14N4O/c24-19-17(12-15(13-21-19)14-6-9-20-10-7-14)18-8-11-22-23(18)16-4-2-1-3-5-16/h1-13H,(H,21,24). The molecular weight excluding hydrogens is 300 g/mol.